The third-order valence-corrected chi connectivity index (χ3v) is 6.05. The number of hydrogen-bond donors (Lipinski definition) is 2. The highest BCUT2D eigenvalue weighted by molar-refractivity contribution is 7.85. The van der Waals surface area contributed by atoms with Gasteiger partial charge < -0.3 is 9.84 Å². The Labute approximate surface area is 180 Å². The number of unbranched alkanes of at least 4 members (excludes halogenated alkanes) is 9. The van der Waals surface area contributed by atoms with Crippen LogP contribution in [0.4, 0.5) is 0 Å². The van der Waals surface area contributed by atoms with Crippen LogP contribution >= 0.6 is 0 Å². The molecule has 0 atom stereocenters. The fourth-order valence-corrected chi connectivity index (χ4v) is 3.90. The van der Waals surface area contributed by atoms with Crippen molar-refractivity contribution in [3.05, 3.63) is 48.0 Å². The maximum absolute atomic E-state index is 11.2. The van der Waals surface area contributed by atoms with Crippen LogP contribution < -0.4 is 4.74 Å². The minimum absolute atomic E-state index is 0.0208. The Morgan fingerprint density at radius 3 is 1.93 bits per heavy atom. The van der Waals surface area contributed by atoms with Crippen molar-refractivity contribution in [3.8, 4) is 17.2 Å². The van der Waals surface area contributed by atoms with Gasteiger partial charge in [0.1, 0.15) is 5.75 Å². The van der Waals surface area contributed by atoms with Crippen molar-refractivity contribution in [2.24, 2.45) is 0 Å². The van der Waals surface area contributed by atoms with Gasteiger partial charge in [-0.15, -0.1) is 0 Å². The van der Waals surface area contributed by atoms with Crippen molar-refractivity contribution in [3.63, 3.8) is 0 Å². The minimum atomic E-state index is -4.36. The first-order valence-corrected chi connectivity index (χ1v) is 12.4. The highest BCUT2D eigenvalue weighted by Gasteiger charge is 2.14. The van der Waals surface area contributed by atoms with Crippen LogP contribution in [0.3, 0.4) is 0 Å². The first kappa shape index (κ1) is 24.2. The fourth-order valence-electron chi connectivity index (χ4n) is 3.40. The summed E-state index contributed by atoms with van der Waals surface area (Å²) in [6.45, 7) is 2.25. The lowest BCUT2D eigenvalue weighted by molar-refractivity contribution is 0.409. The van der Waals surface area contributed by atoms with Crippen molar-refractivity contribution in [1.82, 2.24) is 0 Å². The largest absolute Gasteiger partial charge is 0.504 e. The molecule has 0 fully saturated rings. The number of aryl methyl sites for hydroxylation is 1. The number of aromatic hydroxyl groups is 1. The third kappa shape index (κ3) is 8.76. The van der Waals surface area contributed by atoms with E-state index in [1.54, 1.807) is 12.1 Å². The van der Waals surface area contributed by atoms with Crippen LogP contribution in [0.5, 0.6) is 17.2 Å². The Morgan fingerprint density at radius 1 is 0.800 bits per heavy atom. The molecule has 0 amide bonds. The number of phenols is 1. The highest BCUT2D eigenvalue weighted by atomic mass is 32.2. The SMILES string of the molecule is CCCCCCCCCCCCc1ccc(Oc2cc(S(=O)(=O)O)ccc2O)cc1. The molecule has 0 aliphatic rings. The number of ether oxygens (including phenoxy) is 1. The molecule has 6 heteroatoms. The molecule has 0 bridgehead atoms. The zero-order valence-electron chi connectivity index (χ0n) is 17.8. The highest BCUT2D eigenvalue weighted by Crippen LogP contribution is 2.33. The van der Waals surface area contributed by atoms with E-state index in [9.17, 15) is 13.5 Å². The quantitative estimate of drug-likeness (QED) is 0.250. The molecular formula is C24H34O5S. The zero-order valence-corrected chi connectivity index (χ0v) is 18.7. The molecule has 0 aromatic heterocycles. The van der Waals surface area contributed by atoms with Gasteiger partial charge in [-0.2, -0.15) is 8.42 Å². The minimum Gasteiger partial charge on any atom is -0.504 e. The molecule has 0 saturated heterocycles. The molecule has 2 N–H and O–H groups in total. The van der Waals surface area contributed by atoms with Crippen LogP contribution in [0.1, 0.15) is 76.7 Å². The van der Waals surface area contributed by atoms with E-state index in [0.29, 0.717) is 5.75 Å². The lowest BCUT2D eigenvalue weighted by atomic mass is 10.0. The smallest absolute Gasteiger partial charge is 0.294 e. The average Bonchev–Trinajstić information content (AvgIpc) is 2.71. The lowest BCUT2D eigenvalue weighted by Gasteiger charge is -2.09. The van der Waals surface area contributed by atoms with Crippen molar-refractivity contribution in [2.75, 3.05) is 0 Å². The molecular weight excluding hydrogens is 400 g/mol. The van der Waals surface area contributed by atoms with E-state index in [2.05, 4.69) is 6.92 Å². The first-order valence-electron chi connectivity index (χ1n) is 11.0. The molecule has 0 heterocycles. The molecule has 2 rings (SSSR count). The van der Waals surface area contributed by atoms with Crippen LogP contribution in [0.2, 0.25) is 0 Å². The predicted octanol–water partition coefficient (Wildman–Crippen LogP) is 6.89. The lowest BCUT2D eigenvalue weighted by Crippen LogP contribution is -1.98. The summed E-state index contributed by atoms with van der Waals surface area (Å²) in [7, 11) is -4.36. The summed E-state index contributed by atoms with van der Waals surface area (Å²) in [5.74, 6) is 0.272. The monoisotopic (exact) mass is 434 g/mol. The number of rotatable bonds is 14. The van der Waals surface area contributed by atoms with Gasteiger partial charge in [0.25, 0.3) is 10.1 Å². The second-order valence-electron chi connectivity index (χ2n) is 7.78. The summed E-state index contributed by atoms with van der Waals surface area (Å²) in [5, 5.41) is 9.87. The molecule has 0 saturated carbocycles. The van der Waals surface area contributed by atoms with E-state index in [0.717, 1.165) is 25.0 Å². The van der Waals surface area contributed by atoms with E-state index in [1.165, 1.54) is 69.4 Å². The summed E-state index contributed by atoms with van der Waals surface area (Å²) < 4.78 is 37.2. The van der Waals surface area contributed by atoms with Crippen molar-refractivity contribution >= 4 is 10.1 Å². The van der Waals surface area contributed by atoms with E-state index < -0.39 is 10.1 Å². The van der Waals surface area contributed by atoms with E-state index in [1.807, 2.05) is 12.1 Å². The average molecular weight is 435 g/mol. The zero-order chi connectivity index (χ0) is 21.8. The van der Waals surface area contributed by atoms with Gasteiger partial charge in [-0.1, -0.05) is 76.8 Å². The summed E-state index contributed by atoms with van der Waals surface area (Å²) in [4.78, 5) is -0.326. The molecule has 0 aliphatic carbocycles. The topological polar surface area (TPSA) is 83.8 Å². The van der Waals surface area contributed by atoms with E-state index >= 15 is 0 Å². The predicted molar refractivity (Wildman–Crippen MR) is 120 cm³/mol. The van der Waals surface area contributed by atoms with Gasteiger partial charge in [-0.25, -0.2) is 0 Å². The summed E-state index contributed by atoms with van der Waals surface area (Å²) in [5.41, 5.74) is 1.22. The Hall–Kier alpha value is -2.05. The van der Waals surface area contributed by atoms with Gasteiger partial charge in [0.15, 0.2) is 11.5 Å². The maximum Gasteiger partial charge on any atom is 0.294 e. The second-order valence-corrected chi connectivity index (χ2v) is 9.20. The second kappa shape index (κ2) is 12.6. The first-order chi connectivity index (χ1) is 14.4. The van der Waals surface area contributed by atoms with Crippen LogP contribution in [0.25, 0.3) is 0 Å². The Bertz CT molecular complexity index is 860. The Morgan fingerprint density at radius 2 is 1.37 bits per heavy atom. The van der Waals surface area contributed by atoms with Gasteiger partial charge in [0.2, 0.25) is 0 Å². The molecule has 2 aromatic carbocycles. The van der Waals surface area contributed by atoms with Crippen LogP contribution in [0, 0.1) is 0 Å². The van der Waals surface area contributed by atoms with Crippen LogP contribution in [-0.2, 0) is 16.5 Å². The Balaban J connectivity index is 1.72. The van der Waals surface area contributed by atoms with Gasteiger partial charge in [0.05, 0.1) is 4.90 Å². The van der Waals surface area contributed by atoms with Crippen molar-refractivity contribution in [2.45, 2.75) is 82.4 Å². The number of hydrogen-bond acceptors (Lipinski definition) is 4. The standard InChI is InChI=1S/C24H34O5S/c1-2-3-4-5-6-7-8-9-10-11-12-20-13-15-21(16-14-20)29-24-19-22(30(26,27)28)17-18-23(24)25/h13-19,25H,2-12H2,1H3,(H,26,27,28). The molecule has 0 radical (unpaired) electrons. The summed E-state index contributed by atoms with van der Waals surface area (Å²) in [6, 6.07) is 10.9. The van der Waals surface area contributed by atoms with Gasteiger partial charge in [0, 0.05) is 6.07 Å². The summed E-state index contributed by atoms with van der Waals surface area (Å²) in [6.07, 6.45) is 14.2. The van der Waals surface area contributed by atoms with Gasteiger partial charge in [-0.3, -0.25) is 4.55 Å². The molecule has 5 nitrogen and oxygen atoms in total. The molecule has 2 aromatic rings. The van der Waals surface area contributed by atoms with Crippen molar-refractivity contribution < 1.29 is 22.8 Å². The van der Waals surface area contributed by atoms with E-state index in [4.69, 9.17) is 9.29 Å². The van der Waals surface area contributed by atoms with Crippen LogP contribution in [-0.4, -0.2) is 18.1 Å². The molecule has 0 spiro atoms. The normalized spacial score (nSPS) is 11.5. The fraction of sp³-hybridized carbons (Fsp3) is 0.500. The molecule has 0 unspecified atom stereocenters. The van der Waals surface area contributed by atoms with Crippen LogP contribution in [0.15, 0.2) is 47.4 Å². The van der Waals surface area contributed by atoms with Crippen molar-refractivity contribution in [1.29, 1.82) is 0 Å². The third-order valence-electron chi connectivity index (χ3n) is 5.20. The maximum atomic E-state index is 11.2. The molecule has 0 aliphatic heterocycles. The number of phenolic OH excluding ortho intramolecular Hbond substituents is 1. The van der Waals surface area contributed by atoms with E-state index in [-0.39, 0.29) is 16.4 Å². The Kier molecular flexibility index (Phi) is 10.2. The molecule has 30 heavy (non-hydrogen) atoms. The summed E-state index contributed by atoms with van der Waals surface area (Å²) >= 11 is 0. The number of benzene rings is 2. The van der Waals surface area contributed by atoms with Gasteiger partial charge >= 0.3 is 0 Å². The van der Waals surface area contributed by atoms with Gasteiger partial charge in [-0.05, 0) is 42.7 Å². The molecule has 166 valence electrons.